The van der Waals surface area contributed by atoms with Crippen molar-refractivity contribution < 1.29 is 4.74 Å². The highest BCUT2D eigenvalue weighted by Gasteiger charge is 2.16. The van der Waals surface area contributed by atoms with Gasteiger partial charge in [-0.1, -0.05) is 69.6 Å². The van der Waals surface area contributed by atoms with Crippen LogP contribution in [0.1, 0.15) is 12.0 Å². The number of benzene rings is 2. The molecule has 0 saturated carbocycles. The Morgan fingerprint density at radius 3 is 2.65 bits per heavy atom. The average molecular weight is 453 g/mol. The summed E-state index contributed by atoms with van der Waals surface area (Å²) in [7, 11) is 1.71. The quantitative estimate of drug-likeness (QED) is 0.325. The van der Waals surface area contributed by atoms with E-state index in [4.69, 9.17) is 16.3 Å². The topological polar surface area (TPSA) is 39.9 Å². The Morgan fingerprint density at radius 2 is 1.88 bits per heavy atom. The third kappa shape index (κ3) is 4.68. The van der Waals surface area contributed by atoms with Gasteiger partial charge in [-0.05, 0) is 30.2 Å². The first-order chi connectivity index (χ1) is 12.7. The van der Waals surface area contributed by atoms with E-state index in [0.29, 0.717) is 11.6 Å². The number of thioether (sulfide) groups is 1. The lowest BCUT2D eigenvalue weighted by Gasteiger charge is -2.11. The molecule has 0 bridgehead atoms. The first kappa shape index (κ1) is 19.4. The maximum absolute atomic E-state index is 6.38. The van der Waals surface area contributed by atoms with Crippen LogP contribution in [-0.2, 0) is 17.0 Å². The molecule has 0 N–H and O–H groups in total. The minimum absolute atomic E-state index is 0.676. The van der Waals surface area contributed by atoms with Gasteiger partial charge in [-0.2, -0.15) is 0 Å². The Morgan fingerprint density at radius 1 is 1.12 bits per heavy atom. The average Bonchev–Trinajstić information content (AvgIpc) is 3.04. The van der Waals surface area contributed by atoms with E-state index >= 15 is 0 Å². The molecule has 0 aliphatic carbocycles. The number of methoxy groups -OCH3 is 1. The van der Waals surface area contributed by atoms with Crippen LogP contribution in [0.4, 0.5) is 0 Å². The number of halogens is 2. The number of rotatable bonds is 8. The SMILES string of the molecule is COCCCn1c(SCc2ccccc2Br)nnc1-c1ccccc1Cl. The van der Waals surface area contributed by atoms with Crippen molar-refractivity contribution in [2.75, 3.05) is 13.7 Å². The third-order valence-electron chi connectivity index (χ3n) is 3.88. The standard InChI is InChI=1S/C19H19BrClN3OS/c1-25-12-6-11-24-18(15-8-3-5-10-17(15)21)22-23-19(24)26-13-14-7-2-4-9-16(14)20/h2-5,7-10H,6,11-13H2,1H3. The van der Waals surface area contributed by atoms with Gasteiger partial charge >= 0.3 is 0 Å². The van der Waals surface area contributed by atoms with Crippen molar-refractivity contribution >= 4 is 39.3 Å². The fourth-order valence-corrected chi connectivity index (χ4v) is 4.36. The summed E-state index contributed by atoms with van der Waals surface area (Å²) in [5.74, 6) is 1.60. The number of aromatic nitrogens is 3. The maximum atomic E-state index is 6.38. The fourth-order valence-electron chi connectivity index (χ4n) is 2.56. The van der Waals surface area contributed by atoms with E-state index < -0.39 is 0 Å². The predicted octanol–water partition coefficient (Wildman–Crippen LogP) is 5.69. The lowest BCUT2D eigenvalue weighted by molar-refractivity contribution is 0.189. The van der Waals surface area contributed by atoms with Gasteiger partial charge in [-0.15, -0.1) is 10.2 Å². The Bertz CT molecular complexity index is 871. The molecule has 0 unspecified atom stereocenters. The molecule has 3 rings (SSSR count). The van der Waals surface area contributed by atoms with Gasteiger partial charge in [-0.3, -0.25) is 0 Å². The molecule has 2 aromatic carbocycles. The van der Waals surface area contributed by atoms with E-state index in [-0.39, 0.29) is 0 Å². The first-order valence-corrected chi connectivity index (χ1v) is 10.4. The Labute approximate surface area is 171 Å². The van der Waals surface area contributed by atoms with Crippen LogP contribution in [-0.4, -0.2) is 28.5 Å². The van der Waals surface area contributed by atoms with Crippen molar-refractivity contribution in [3.63, 3.8) is 0 Å². The van der Waals surface area contributed by atoms with Gasteiger partial charge in [0.05, 0.1) is 5.02 Å². The molecule has 1 heterocycles. The van der Waals surface area contributed by atoms with Gasteiger partial charge in [0.25, 0.3) is 0 Å². The molecule has 0 fully saturated rings. The second-order valence-corrected chi connectivity index (χ2v) is 7.87. The first-order valence-electron chi connectivity index (χ1n) is 8.24. The second-order valence-electron chi connectivity index (χ2n) is 5.66. The second kappa shape index (κ2) is 9.55. The van der Waals surface area contributed by atoms with Crippen molar-refractivity contribution in [1.82, 2.24) is 14.8 Å². The summed E-state index contributed by atoms with van der Waals surface area (Å²) in [6.45, 7) is 1.47. The van der Waals surface area contributed by atoms with Gasteiger partial charge < -0.3 is 9.30 Å². The molecular weight excluding hydrogens is 434 g/mol. The lowest BCUT2D eigenvalue weighted by Crippen LogP contribution is -2.05. The molecular formula is C19H19BrClN3OS. The molecule has 7 heteroatoms. The molecule has 1 aromatic heterocycles. The van der Waals surface area contributed by atoms with E-state index in [1.54, 1.807) is 18.9 Å². The number of ether oxygens (including phenoxy) is 1. The van der Waals surface area contributed by atoms with Crippen LogP contribution >= 0.6 is 39.3 Å². The van der Waals surface area contributed by atoms with Gasteiger partial charge in [-0.25, -0.2) is 0 Å². The minimum atomic E-state index is 0.676. The normalized spacial score (nSPS) is 11.0. The molecule has 0 spiro atoms. The van der Waals surface area contributed by atoms with Gasteiger partial charge in [0.15, 0.2) is 11.0 Å². The van der Waals surface area contributed by atoms with Crippen molar-refractivity contribution in [3.8, 4) is 11.4 Å². The minimum Gasteiger partial charge on any atom is -0.385 e. The summed E-state index contributed by atoms with van der Waals surface area (Å²) < 4.78 is 8.43. The third-order valence-corrected chi connectivity index (χ3v) is 6.00. The van der Waals surface area contributed by atoms with Gasteiger partial charge in [0.1, 0.15) is 0 Å². The smallest absolute Gasteiger partial charge is 0.191 e. The maximum Gasteiger partial charge on any atom is 0.191 e. The summed E-state index contributed by atoms with van der Waals surface area (Å²) in [6.07, 6.45) is 0.884. The monoisotopic (exact) mass is 451 g/mol. The highest BCUT2D eigenvalue weighted by atomic mass is 79.9. The van der Waals surface area contributed by atoms with E-state index in [1.807, 2.05) is 42.5 Å². The number of hydrogen-bond donors (Lipinski definition) is 0. The van der Waals surface area contributed by atoms with Gasteiger partial charge in [0.2, 0.25) is 0 Å². The molecule has 0 amide bonds. The molecule has 0 atom stereocenters. The van der Waals surface area contributed by atoms with Crippen molar-refractivity contribution in [3.05, 3.63) is 63.6 Å². The van der Waals surface area contributed by atoms with E-state index in [0.717, 1.165) is 39.7 Å². The summed E-state index contributed by atoms with van der Waals surface area (Å²) in [5.41, 5.74) is 2.12. The predicted molar refractivity (Wildman–Crippen MR) is 111 cm³/mol. The zero-order chi connectivity index (χ0) is 18.4. The molecule has 0 aliphatic heterocycles. The summed E-state index contributed by atoms with van der Waals surface area (Å²) in [5, 5.41) is 10.4. The molecule has 136 valence electrons. The molecule has 26 heavy (non-hydrogen) atoms. The summed E-state index contributed by atoms with van der Waals surface area (Å²) >= 11 is 11.6. The van der Waals surface area contributed by atoms with Crippen LogP contribution in [0.5, 0.6) is 0 Å². The van der Waals surface area contributed by atoms with Crippen LogP contribution in [0.25, 0.3) is 11.4 Å². The fraction of sp³-hybridized carbons (Fsp3) is 0.263. The zero-order valence-electron chi connectivity index (χ0n) is 14.4. The van der Waals surface area contributed by atoms with E-state index in [9.17, 15) is 0 Å². The number of nitrogens with zero attached hydrogens (tertiary/aromatic N) is 3. The van der Waals surface area contributed by atoms with Crippen LogP contribution in [0, 0.1) is 0 Å². The molecule has 0 radical (unpaired) electrons. The lowest BCUT2D eigenvalue weighted by atomic mass is 10.2. The van der Waals surface area contributed by atoms with Crippen LogP contribution < -0.4 is 0 Å². The zero-order valence-corrected chi connectivity index (χ0v) is 17.5. The molecule has 3 aromatic rings. The highest BCUT2D eigenvalue weighted by molar-refractivity contribution is 9.10. The Kier molecular flexibility index (Phi) is 7.14. The molecule has 0 saturated heterocycles. The summed E-state index contributed by atoms with van der Waals surface area (Å²) in [6, 6.07) is 15.9. The molecule has 0 aliphatic rings. The largest absolute Gasteiger partial charge is 0.385 e. The van der Waals surface area contributed by atoms with E-state index in [1.165, 1.54) is 5.56 Å². The van der Waals surface area contributed by atoms with Crippen molar-refractivity contribution in [1.29, 1.82) is 0 Å². The Balaban J connectivity index is 1.87. The number of hydrogen-bond acceptors (Lipinski definition) is 4. The van der Waals surface area contributed by atoms with E-state index in [2.05, 4.69) is 36.8 Å². The Hall–Kier alpha value is -1.34. The highest BCUT2D eigenvalue weighted by Crippen LogP contribution is 2.31. The van der Waals surface area contributed by atoms with Crippen LogP contribution in [0.3, 0.4) is 0 Å². The van der Waals surface area contributed by atoms with Crippen molar-refractivity contribution in [2.45, 2.75) is 23.9 Å². The van der Waals surface area contributed by atoms with Crippen molar-refractivity contribution in [2.24, 2.45) is 0 Å². The van der Waals surface area contributed by atoms with Crippen LogP contribution in [0.2, 0.25) is 5.02 Å². The van der Waals surface area contributed by atoms with Gasteiger partial charge in [0, 0.05) is 36.1 Å². The summed E-state index contributed by atoms with van der Waals surface area (Å²) in [4.78, 5) is 0. The molecule has 4 nitrogen and oxygen atoms in total. The van der Waals surface area contributed by atoms with Crippen LogP contribution in [0.15, 0.2) is 58.2 Å².